The molecular formula is C29H36N2O4. The molecule has 1 heterocycles. The number of carbonyl (C=O) groups excluding carboxylic acids is 1. The summed E-state index contributed by atoms with van der Waals surface area (Å²) >= 11 is 0. The predicted molar refractivity (Wildman–Crippen MR) is 138 cm³/mol. The highest BCUT2D eigenvalue weighted by molar-refractivity contribution is 5.84. The van der Waals surface area contributed by atoms with Crippen molar-refractivity contribution in [3.63, 3.8) is 0 Å². The number of ether oxygens (including phenoxy) is 3. The first kappa shape index (κ1) is 24.9. The number of allylic oxidation sites excluding steroid dienone is 1. The predicted octanol–water partition coefficient (Wildman–Crippen LogP) is 4.87. The number of hydrogen-bond donors (Lipinski definition) is 0. The van der Waals surface area contributed by atoms with Crippen LogP contribution in [0, 0.1) is 5.92 Å². The monoisotopic (exact) mass is 476 g/mol. The first-order chi connectivity index (χ1) is 17.0. The van der Waals surface area contributed by atoms with Gasteiger partial charge in [-0.05, 0) is 67.4 Å². The van der Waals surface area contributed by atoms with Crippen LogP contribution in [0.25, 0.3) is 10.8 Å². The molecule has 6 nitrogen and oxygen atoms in total. The van der Waals surface area contributed by atoms with Crippen molar-refractivity contribution in [3.8, 4) is 0 Å². The number of amides is 1. The minimum atomic E-state index is -0.482. The molecule has 1 aliphatic carbocycles. The second-order valence-electron chi connectivity index (χ2n) is 9.23. The van der Waals surface area contributed by atoms with Crippen molar-refractivity contribution in [1.29, 1.82) is 0 Å². The normalized spacial score (nSPS) is 20.5. The minimum absolute atomic E-state index is 0.0393. The number of hydrogen-bond acceptors (Lipinski definition) is 5. The molecule has 1 fully saturated rings. The molecule has 2 aliphatic rings. The maximum atomic E-state index is 13.9. The lowest BCUT2D eigenvalue weighted by Gasteiger charge is -2.28. The van der Waals surface area contributed by atoms with Gasteiger partial charge in [-0.2, -0.15) is 0 Å². The zero-order chi connectivity index (χ0) is 24.8. The van der Waals surface area contributed by atoms with Crippen LogP contribution in [0.5, 0.6) is 0 Å². The molecule has 4 rings (SSSR count). The fraction of sp³-hybridized carbons (Fsp3) is 0.414. The second kappa shape index (κ2) is 11.5. The van der Waals surface area contributed by atoms with Gasteiger partial charge in [0, 0.05) is 19.1 Å². The molecule has 1 amide bonds. The molecule has 35 heavy (non-hydrogen) atoms. The van der Waals surface area contributed by atoms with Crippen molar-refractivity contribution < 1.29 is 19.0 Å². The Balaban J connectivity index is 1.60. The van der Waals surface area contributed by atoms with Crippen LogP contribution in [0.3, 0.4) is 0 Å². The highest BCUT2D eigenvalue weighted by Gasteiger charge is 2.28. The zero-order valence-electron chi connectivity index (χ0n) is 21.2. The van der Waals surface area contributed by atoms with E-state index >= 15 is 0 Å². The van der Waals surface area contributed by atoms with Crippen LogP contribution in [0.4, 0.5) is 0 Å². The SMILES string of the molecule is COC1=CC(C(=O)N(CCC2CCCN2C)Cc2ccc3ccccc3c2)C=CC(OC)=C1OC. The molecule has 0 bridgehead atoms. The third-order valence-electron chi connectivity index (χ3n) is 7.07. The number of carbonyl (C=O) groups is 1. The van der Waals surface area contributed by atoms with E-state index in [0.717, 1.165) is 18.5 Å². The van der Waals surface area contributed by atoms with Gasteiger partial charge in [-0.3, -0.25) is 4.79 Å². The number of benzene rings is 2. The lowest BCUT2D eigenvalue weighted by atomic mass is 10.0. The first-order valence-corrected chi connectivity index (χ1v) is 12.3. The van der Waals surface area contributed by atoms with E-state index in [-0.39, 0.29) is 5.91 Å². The Morgan fingerprint density at radius 1 is 1.06 bits per heavy atom. The Morgan fingerprint density at radius 3 is 2.54 bits per heavy atom. The van der Waals surface area contributed by atoms with Crippen LogP contribution >= 0.6 is 0 Å². The van der Waals surface area contributed by atoms with E-state index < -0.39 is 5.92 Å². The van der Waals surface area contributed by atoms with Crippen LogP contribution in [-0.4, -0.2) is 63.2 Å². The third kappa shape index (κ3) is 5.70. The van der Waals surface area contributed by atoms with Crippen molar-refractivity contribution >= 4 is 16.7 Å². The number of rotatable bonds is 9. The van der Waals surface area contributed by atoms with Crippen molar-refractivity contribution in [2.75, 3.05) is 41.5 Å². The van der Waals surface area contributed by atoms with Gasteiger partial charge in [0.2, 0.25) is 11.7 Å². The lowest BCUT2D eigenvalue weighted by Crippen LogP contribution is -2.38. The van der Waals surface area contributed by atoms with Gasteiger partial charge >= 0.3 is 0 Å². The summed E-state index contributed by atoms with van der Waals surface area (Å²) in [5.74, 6) is 1.07. The molecule has 0 aromatic heterocycles. The molecule has 0 radical (unpaired) electrons. The van der Waals surface area contributed by atoms with Crippen LogP contribution in [-0.2, 0) is 25.5 Å². The maximum Gasteiger partial charge on any atom is 0.233 e. The van der Waals surface area contributed by atoms with Crippen LogP contribution < -0.4 is 0 Å². The minimum Gasteiger partial charge on any atom is -0.493 e. The Morgan fingerprint density at radius 2 is 1.86 bits per heavy atom. The van der Waals surface area contributed by atoms with E-state index in [2.05, 4.69) is 42.3 Å². The van der Waals surface area contributed by atoms with E-state index in [1.54, 1.807) is 27.4 Å². The van der Waals surface area contributed by atoms with Gasteiger partial charge in [0.05, 0.1) is 27.2 Å². The molecule has 1 saturated heterocycles. The van der Waals surface area contributed by atoms with Crippen molar-refractivity contribution in [1.82, 2.24) is 9.80 Å². The number of fused-ring (bicyclic) bond motifs is 1. The Hall–Kier alpha value is -3.25. The van der Waals surface area contributed by atoms with Gasteiger partial charge in [-0.25, -0.2) is 0 Å². The molecule has 0 saturated carbocycles. The van der Waals surface area contributed by atoms with Crippen molar-refractivity contribution in [3.05, 3.63) is 83.5 Å². The van der Waals surface area contributed by atoms with E-state index in [1.165, 1.54) is 23.6 Å². The van der Waals surface area contributed by atoms with E-state index in [1.807, 2.05) is 29.2 Å². The number of likely N-dealkylation sites (tertiary alicyclic amines) is 1. The zero-order valence-corrected chi connectivity index (χ0v) is 21.2. The first-order valence-electron chi connectivity index (χ1n) is 12.3. The van der Waals surface area contributed by atoms with Gasteiger partial charge in [0.25, 0.3) is 0 Å². The van der Waals surface area contributed by atoms with Crippen LogP contribution in [0.15, 0.2) is 78.0 Å². The summed E-state index contributed by atoms with van der Waals surface area (Å²) in [6.07, 6.45) is 8.83. The molecule has 1 aliphatic heterocycles. The molecule has 186 valence electrons. The Labute approximate surface area is 208 Å². The number of nitrogens with zero attached hydrogens (tertiary/aromatic N) is 2. The fourth-order valence-corrected chi connectivity index (χ4v) is 5.04. The topological polar surface area (TPSA) is 51.2 Å². The Bertz CT molecular complexity index is 1140. The molecule has 6 heteroatoms. The summed E-state index contributed by atoms with van der Waals surface area (Å²) < 4.78 is 16.6. The molecule has 0 spiro atoms. The highest BCUT2D eigenvalue weighted by Crippen LogP contribution is 2.27. The average molecular weight is 477 g/mol. The number of methoxy groups -OCH3 is 3. The lowest BCUT2D eigenvalue weighted by molar-refractivity contribution is -0.133. The van der Waals surface area contributed by atoms with E-state index in [0.29, 0.717) is 36.4 Å². The largest absolute Gasteiger partial charge is 0.493 e. The molecule has 2 aromatic carbocycles. The van der Waals surface area contributed by atoms with Gasteiger partial charge in [0.1, 0.15) is 0 Å². The molecule has 2 atom stereocenters. The quantitative estimate of drug-likeness (QED) is 0.517. The smallest absolute Gasteiger partial charge is 0.233 e. The molecule has 0 N–H and O–H groups in total. The van der Waals surface area contributed by atoms with Gasteiger partial charge in [-0.15, -0.1) is 0 Å². The molecule has 2 aromatic rings. The maximum absolute atomic E-state index is 13.9. The van der Waals surface area contributed by atoms with Crippen LogP contribution in [0.2, 0.25) is 0 Å². The highest BCUT2D eigenvalue weighted by atomic mass is 16.5. The Kier molecular flexibility index (Phi) is 8.13. The summed E-state index contributed by atoms with van der Waals surface area (Å²) in [6, 6.07) is 15.3. The summed E-state index contributed by atoms with van der Waals surface area (Å²) in [6.45, 7) is 2.38. The summed E-state index contributed by atoms with van der Waals surface area (Å²) in [7, 11) is 6.91. The summed E-state index contributed by atoms with van der Waals surface area (Å²) in [5.41, 5.74) is 1.12. The standard InChI is InChI=1S/C29H36N2O4/c1-30-16-7-10-25(30)15-17-31(20-21-11-12-22-8-5-6-9-23(22)18-21)29(32)24-13-14-26(33-2)28(35-4)27(19-24)34-3/h5-6,8-9,11-14,18-19,24-25H,7,10,15-17,20H2,1-4H3. The summed E-state index contributed by atoms with van der Waals surface area (Å²) in [5, 5.41) is 2.38. The van der Waals surface area contributed by atoms with Gasteiger partial charge in [0.15, 0.2) is 11.5 Å². The van der Waals surface area contributed by atoms with Crippen molar-refractivity contribution in [2.24, 2.45) is 5.92 Å². The van der Waals surface area contributed by atoms with Gasteiger partial charge in [-0.1, -0.05) is 42.5 Å². The van der Waals surface area contributed by atoms with Crippen LogP contribution in [0.1, 0.15) is 24.8 Å². The average Bonchev–Trinajstić information content (AvgIpc) is 3.20. The van der Waals surface area contributed by atoms with Gasteiger partial charge < -0.3 is 24.0 Å². The second-order valence-corrected chi connectivity index (χ2v) is 9.23. The van der Waals surface area contributed by atoms with E-state index in [9.17, 15) is 4.79 Å². The third-order valence-corrected chi connectivity index (χ3v) is 7.07. The summed E-state index contributed by atoms with van der Waals surface area (Å²) in [4.78, 5) is 18.3. The molecular weight excluding hydrogens is 440 g/mol. The van der Waals surface area contributed by atoms with Crippen molar-refractivity contribution in [2.45, 2.75) is 31.8 Å². The fourth-order valence-electron chi connectivity index (χ4n) is 5.04. The van der Waals surface area contributed by atoms with E-state index in [4.69, 9.17) is 14.2 Å². The molecule has 2 unspecified atom stereocenters.